The summed E-state index contributed by atoms with van der Waals surface area (Å²) in [4.78, 5) is 0. The first-order valence-electron chi connectivity index (χ1n) is 2.89. The molecule has 0 N–H and O–H groups in total. The minimum absolute atomic E-state index is 0.881. The molecule has 0 spiro atoms. The van der Waals surface area contributed by atoms with Gasteiger partial charge in [-0.1, -0.05) is 12.1 Å². The van der Waals surface area contributed by atoms with Gasteiger partial charge in [0.05, 0.1) is 0 Å². The van der Waals surface area contributed by atoms with Crippen molar-refractivity contribution in [1.29, 1.82) is 0 Å². The molecule has 3 heteroatoms. The van der Waals surface area contributed by atoms with Gasteiger partial charge < -0.3 is 4.52 Å². The van der Waals surface area contributed by atoms with Gasteiger partial charge in [0.25, 0.3) is 0 Å². The van der Waals surface area contributed by atoms with Gasteiger partial charge in [-0.25, -0.2) is 0 Å². The number of aryl methyl sites for hydroxylation is 1. The van der Waals surface area contributed by atoms with Crippen LogP contribution in [0, 0.1) is 6.92 Å². The Morgan fingerprint density at radius 3 is 3.00 bits per heavy atom. The molecule has 0 bridgehead atoms. The number of hydrogen-bond donors (Lipinski definition) is 0. The summed E-state index contributed by atoms with van der Waals surface area (Å²) in [7, 11) is 0. The first-order chi connectivity index (χ1) is 4.33. The van der Waals surface area contributed by atoms with Gasteiger partial charge in [-0.3, -0.25) is 0 Å². The normalized spacial score (nSPS) is 10.0. The molecule has 1 heterocycles. The second-order valence-corrected chi connectivity index (χ2v) is 2.99. The van der Waals surface area contributed by atoms with Crippen LogP contribution in [0.3, 0.4) is 0 Å². The quantitative estimate of drug-likeness (QED) is 0.593. The number of thioether (sulfide) groups is 1. The lowest BCUT2D eigenvalue weighted by Crippen LogP contribution is -1.67. The molecule has 0 unspecified atom stereocenters. The summed E-state index contributed by atoms with van der Waals surface area (Å²) in [5.74, 6) is 1.93. The first-order valence-corrected chi connectivity index (χ1v) is 3.87. The molecule has 2 nitrogen and oxygen atoms in total. The molecule has 0 aliphatic rings. The average Bonchev–Trinajstić information content (AvgIpc) is 2.17. The smallest absolute Gasteiger partial charge is 0.139 e. The van der Waals surface area contributed by atoms with E-state index < -0.39 is 0 Å². The van der Waals surface area contributed by atoms with Gasteiger partial charge in [-0.15, -0.1) is 11.8 Å². The lowest BCUT2D eigenvalue weighted by Gasteiger charge is -1.83. The Hall–Kier alpha value is -0.440. The molecule has 1 aromatic rings. The van der Waals surface area contributed by atoms with Gasteiger partial charge in [0.15, 0.2) is 0 Å². The summed E-state index contributed by atoms with van der Waals surface area (Å²) in [6.45, 7) is 3.99. The predicted molar refractivity (Wildman–Crippen MR) is 37.6 cm³/mol. The molecule has 1 rings (SSSR count). The van der Waals surface area contributed by atoms with Gasteiger partial charge in [-0.05, 0) is 12.7 Å². The molecular formula is C6H9NOS. The average molecular weight is 143 g/mol. The van der Waals surface area contributed by atoms with E-state index in [0.717, 1.165) is 16.5 Å². The Labute approximate surface area is 58.6 Å². The molecule has 0 aliphatic carbocycles. The van der Waals surface area contributed by atoms with Crippen LogP contribution in [0.25, 0.3) is 0 Å². The Morgan fingerprint density at radius 2 is 2.56 bits per heavy atom. The van der Waals surface area contributed by atoms with Crippen molar-refractivity contribution in [2.75, 3.05) is 5.75 Å². The molecule has 9 heavy (non-hydrogen) atoms. The van der Waals surface area contributed by atoms with Crippen molar-refractivity contribution in [3.05, 3.63) is 11.8 Å². The van der Waals surface area contributed by atoms with Gasteiger partial charge in [-0.2, -0.15) is 0 Å². The third kappa shape index (κ3) is 1.75. The lowest BCUT2D eigenvalue weighted by atomic mass is 10.5. The summed E-state index contributed by atoms with van der Waals surface area (Å²) < 4.78 is 4.85. The zero-order chi connectivity index (χ0) is 6.69. The molecule has 0 radical (unpaired) electrons. The van der Waals surface area contributed by atoms with E-state index in [9.17, 15) is 0 Å². The first kappa shape index (κ1) is 6.68. The van der Waals surface area contributed by atoms with Crippen LogP contribution in [0.2, 0.25) is 0 Å². The zero-order valence-corrected chi connectivity index (χ0v) is 6.36. The second kappa shape index (κ2) is 2.92. The number of aromatic nitrogens is 1. The van der Waals surface area contributed by atoms with E-state index in [1.807, 2.05) is 13.0 Å². The highest BCUT2D eigenvalue weighted by atomic mass is 32.2. The van der Waals surface area contributed by atoms with E-state index in [0.29, 0.717) is 0 Å². The molecule has 0 aliphatic heterocycles. The highest BCUT2D eigenvalue weighted by Crippen LogP contribution is 2.15. The molecule has 0 aromatic carbocycles. The summed E-state index contributed by atoms with van der Waals surface area (Å²) in [5, 5.41) is 4.77. The van der Waals surface area contributed by atoms with Crippen molar-refractivity contribution in [3.63, 3.8) is 0 Å². The fraction of sp³-hybridized carbons (Fsp3) is 0.500. The van der Waals surface area contributed by atoms with Gasteiger partial charge >= 0.3 is 0 Å². The summed E-state index contributed by atoms with van der Waals surface area (Å²) >= 11 is 1.69. The molecular weight excluding hydrogens is 134 g/mol. The highest BCUT2D eigenvalue weighted by Gasteiger charge is 1.96. The van der Waals surface area contributed by atoms with Crippen molar-refractivity contribution in [3.8, 4) is 0 Å². The number of rotatable bonds is 2. The number of nitrogens with zero attached hydrogens (tertiary/aromatic N) is 1. The van der Waals surface area contributed by atoms with Gasteiger partial charge in [0.1, 0.15) is 10.8 Å². The van der Waals surface area contributed by atoms with Crippen LogP contribution in [0.15, 0.2) is 15.6 Å². The topological polar surface area (TPSA) is 26.0 Å². The summed E-state index contributed by atoms with van der Waals surface area (Å²) in [5.41, 5.74) is 0. The van der Waals surface area contributed by atoms with E-state index >= 15 is 0 Å². The summed E-state index contributed by atoms with van der Waals surface area (Å²) in [6.07, 6.45) is 0. The third-order valence-electron chi connectivity index (χ3n) is 0.899. The fourth-order valence-electron chi connectivity index (χ4n) is 0.559. The van der Waals surface area contributed by atoms with Crippen LogP contribution in [-0.2, 0) is 0 Å². The van der Waals surface area contributed by atoms with E-state index in [-0.39, 0.29) is 0 Å². The van der Waals surface area contributed by atoms with Crippen LogP contribution in [0.4, 0.5) is 0 Å². The molecule has 1 aromatic heterocycles. The minimum atomic E-state index is 0.881. The van der Waals surface area contributed by atoms with E-state index in [1.165, 1.54) is 0 Å². The SMILES string of the molecule is CCSc1cc(C)on1. The van der Waals surface area contributed by atoms with E-state index in [1.54, 1.807) is 11.8 Å². The van der Waals surface area contributed by atoms with Gasteiger partial charge in [0.2, 0.25) is 0 Å². The van der Waals surface area contributed by atoms with Crippen molar-refractivity contribution in [2.45, 2.75) is 18.9 Å². The third-order valence-corrected chi connectivity index (χ3v) is 1.68. The predicted octanol–water partition coefficient (Wildman–Crippen LogP) is 2.10. The van der Waals surface area contributed by atoms with Gasteiger partial charge in [0, 0.05) is 6.07 Å². The molecule has 0 amide bonds. The van der Waals surface area contributed by atoms with Crippen molar-refractivity contribution in [1.82, 2.24) is 5.16 Å². The molecule has 50 valence electrons. The van der Waals surface area contributed by atoms with E-state index in [2.05, 4.69) is 12.1 Å². The van der Waals surface area contributed by atoms with Crippen LogP contribution in [0.5, 0.6) is 0 Å². The minimum Gasteiger partial charge on any atom is -0.361 e. The Balaban J connectivity index is 2.61. The molecule has 0 fully saturated rings. The largest absolute Gasteiger partial charge is 0.361 e. The molecule has 0 atom stereocenters. The lowest BCUT2D eigenvalue weighted by molar-refractivity contribution is 0.383. The summed E-state index contributed by atoms with van der Waals surface area (Å²) in [6, 6.07) is 1.94. The maximum Gasteiger partial charge on any atom is 0.139 e. The van der Waals surface area contributed by atoms with Crippen LogP contribution in [-0.4, -0.2) is 10.9 Å². The monoisotopic (exact) mass is 143 g/mol. The zero-order valence-electron chi connectivity index (χ0n) is 5.55. The molecule has 0 saturated heterocycles. The van der Waals surface area contributed by atoms with Crippen LogP contribution >= 0.6 is 11.8 Å². The molecule has 0 saturated carbocycles. The Bertz CT molecular complexity index is 185. The Morgan fingerprint density at radius 1 is 1.78 bits per heavy atom. The van der Waals surface area contributed by atoms with Crippen molar-refractivity contribution in [2.24, 2.45) is 0 Å². The Kier molecular flexibility index (Phi) is 2.16. The van der Waals surface area contributed by atoms with Crippen molar-refractivity contribution >= 4 is 11.8 Å². The van der Waals surface area contributed by atoms with Crippen LogP contribution in [0.1, 0.15) is 12.7 Å². The highest BCUT2D eigenvalue weighted by molar-refractivity contribution is 7.99. The van der Waals surface area contributed by atoms with Crippen molar-refractivity contribution < 1.29 is 4.52 Å². The standard InChI is InChI=1S/C6H9NOS/c1-3-9-6-4-5(2)8-7-6/h4H,3H2,1-2H3. The fourth-order valence-corrected chi connectivity index (χ4v) is 1.19. The maximum atomic E-state index is 4.85. The van der Waals surface area contributed by atoms with E-state index in [4.69, 9.17) is 4.52 Å². The number of hydrogen-bond acceptors (Lipinski definition) is 3. The maximum absolute atomic E-state index is 4.85. The second-order valence-electron chi connectivity index (χ2n) is 1.71. The van der Waals surface area contributed by atoms with Crippen LogP contribution < -0.4 is 0 Å².